The maximum absolute atomic E-state index is 12.0. The van der Waals surface area contributed by atoms with Gasteiger partial charge in [-0.25, -0.2) is 4.79 Å². The normalized spacial score (nSPS) is 13.1. The van der Waals surface area contributed by atoms with Crippen molar-refractivity contribution in [1.29, 1.82) is 0 Å². The molecule has 0 heterocycles. The van der Waals surface area contributed by atoms with E-state index < -0.39 is 0 Å². The monoisotopic (exact) mass is 440 g/mol. The highest BCUT2D eigenvalue weighted by Gasteiger charge is 1.99. The topological polar surface area (TPSA) is 26.3 Å². The third kappa shape index (κ3) is 19.8. The molecule has 0 bridgehead atoms. The van der Waals surface area contributed by atoms with Crippen LogP contribution in [0.4, 0.5) is 0 Å². The van der Waals surface area contributed by atoms with E-state index in [1.807, 2.05) is 13.0 Å². The zero-order chi connectivity index (χ0) is 24.4. The first kappa shape index (κ1) is 29.9. The molecule has 0 fully saturated rings. The van der Waals surface area contributed by atoms with Crippen LogP contribution in [0.1, 0.15) is 107 Å². The zero-order valence-corrected chi connectivity index (χ0v) is 22.1. The van der Waals surface area contributed by atoms with Gasteiger partial charge in [0.1, 0.15) is 6.61 Å². The predicted octanol–water partition coefficient (Wildman–Crippen LogP) is 9.37. The summed E-state index contributed by atoms with van der Waals surface area (Å²) in [6.07, 6.45) is 21.2. The Morgan fingerprint density at radius 1 is 0.531 bits per heavy atom. The SMILES string of the molecule is CC(C)=CCCC(C)=CCCC(C)=CCOC(=O)C=C(C)CCC=C(C)CCC=C(C)C. The molecule has 0 amide bonds. The van der Waals surface area contributed by atoms with Gasteiger partial charge in [-0.1, -0.05) is 57.7 Å². The van der Waals surface area contributed by atoms with Crippen LogP contribution in [0.25, 0.3) is 0 Å². The molecule has 0 aromatic carbocycles. The van der Waals surface area contributed by atoms with Crippen molar-refractivity contribution in [1.82, 2.24) is 0 Å². The second-order valence-electron chi connectivity index (χ2n) is 9.49. The number of hydrogen-bond donors (Lipinski definition) is 0. The van der Waals surface area contributed by atoms with E-state index in [0.29, 0.717) is 6.61 Å². The first-order valence-corrected chi connectivity index (χ1v) is 12.2. The van der Waals surface area contributed by atoms with E-state index >= 15 is 0 Å². The summed E-state index contributed by atoms with van der Waals surface area (Å²) >= 11 is 0. The fourth-order valence-electron chi connectivity index (χ4n) is 3.16. The Bertz CT molecular complexity index is 731. The van der Waals surface area contributed by atoms with Crippen molar-refractivity contribution in [3.05, 3.63) is 69.9 Å². The van der Waals surface area contributed by atoms with Crippen molar-refractivity contribution in [3.63, 3.8) is 0 Å². The fraction of sp³-hybridized carbons (Fsp3) is 0.567. The van der Waals surface area contributed by atoms with Gasteiger partial charge in [0.2, 0.25) is 0 Å². The van der Waals surface area contributed by atoms with Gasteiger partial charge in [-0.05, 0) is 113 Å². The molecule has 2 nitrogen and oxygen atoms in total. The van der Waals surface area contributed by atoms with Gasteiger partial charge in [0, 0.05) is 6.08 Å². The molecular weight excluding hydrogens is 392 g/mol. The van der Waals surface area contributed by atoms with Gasteiger partial charge in [0.25, 0.3) is 0 Å². The average Bonchev–Trinajstić information content (AvgIpc) is 2.67. The highest BCUT2D eigenvalue weighted by Crippen LogP contribution is 2.13. The van der Waals surface area contributed by atoms with Crippen LogP contribution in [0, 0.1) is 0 Å². The van der Waals surface area contributed by atoms with Gasteiger partial charge in [-0.2, -0.15) is 0 Å². The number of carbonyl (C=O) groups excluding carboxylic acids is 1. The Balaban J connectivity index is 4.19. The van der Waals surface area contributed by atoms with Crippen LogP contribution in [0.2, 0.25) is 0 Å². The van der Waals surface area contributed by atoms with E-state index in [2.05, 4.69) is 72.8 Å². The van der Waals surface area contributed by atoms with Crippen molar-refractivity contribution in [3.8, 4) is 0 Å². The van der Waals surface area contributed by atoms with Crippen LogP contribution >= 0.6 is 0 Å². The fourth-order valence-corrected chi connectivity index (χ4v) is 3.16. The summed E-state index contributed by atoms with van der Waals surface area (Å²) in [5.41, 5.74) is 7.95. The molecule has 180 valence electrons. The van der Waals surface area contributed by atoms with Crippen molar-refractivity contribution in [2.24, 2.45) is 0 Å². The highest BCUT2D eigenvalue weighted by molar-refractivity contribution is 5.82. The van der Waals surface area contributed by atoms with E-state index in [-0.39, 0.29) is 5.97 Å². The van der Waals surface area contributed by atoms with Crippen LogP contribution in [-0.4, -0.2) is 12.6 Å². The predicted molar refractivity (Wildman–Crippen MR) is 142 cm³/mol. The van der Waals surface area contributed by atoms with Gasteiger partial charge in [0.05, 0.1) is 0 Å². The Hall–Kier alpha value is -2.09. The van der Waals surface area contributed by atoms with E-state index in [4.69, 9.17) is 4.74 Å². The Morgan fingerprint density at radius 2 is 0.906 bits per heavy atom. The molecule has 0 atom stereocenters. The molecule has 0 aliphatic carbocycles. The van der Waals surface area contributed by atoms with E-state index in [1.54, 1.807) is 6.08 Å². The van der Waals surface area contributed by atoms with E-state index in [0.717, 1.165) is 56.9 Å². The first-order chi connectivity index (χ1) is 15.1. The largest absolute Gasteiger partial charge is 0.458 e. The third-order valence-corrected chi connectivity index (χ3v) is 5.27. The van der Waals surface area contributed by atoms with E-state index in [9.17, 15) is 4.79 Å². The lowest BCUT2D eigenvalue weighted by Crippen LogP contribution is -2.02. The van der Waals surface area contributed by atoms with Crippen LogP contribution in [-0.2, 0) is 9.53 Å². The maximum atomic E-state index is 12.0. The summed E-state index contributed by atoms with van der Waals surface area (Å²) in [5.74, 6) is -0.245. The molecule has 0 aromatic rings. The number of esters is 1. The summed E-state index contributed by atoms with van der Waals surface area (Å²) in [6.45, 7) is 17.4. The Labute approximate surface area is 198 Å². The highest BCUT2D eigenvalue weighted by atomic mass is 16.5. The molecule has 0 saturated heterocycles. The lowest BCUT2D eigenvalue weighted by molar-refractivity contribution is -0.136. The van der Waals surface area contributed by atoms with Gasteiger partial charge in [-0.3, -0.25) is 0 Å². The van der Waals surface area contributed by atoms with Crippen molar-refractivity contribution < 1.29 is 9.53 Å². The van der Waals surface area contributed by atoms with Crippen LogP contribution in [0.3, 0.4) is 0 Å². The van der Waals surface area contributed by atoms with Gasteiger partial charge in [-0.15, -0.1) is 0 Å². The first-order valence-electron chi connectivity index (χ1n) is 12.2. The van der Waals surface area contributed by atoms with Gasteiger partial charge >= 0.3 is 5.97 Å². The van der Waals surface area contributed by atoms with Crippen LogP contribution in [0.5, 0.6) is 0 Å². The molecule has 2 heteroatoms. The summed E-state index contributed by atoms with van der Waals surface area (Å²) in [4.78, 5) is 12.0. The number of ether oxygens (including phenoxy) is 1. The van der Waals surface area contributed by atoms with Crippen LogP contribution < -0.4 is 0 Å². The molecule has 0 N–H and O–H groups in total. The average molecular weight is 441 g/mol. The molecule has 0 aliphatic heterocycles. The van der Waals surface area contributed by atoms with Gasteiger partial charge < -0.3 is 4.74 Å². The zero-order valence-electron chi connectivity index (χ0n) is 22.1. The molecule has 0 rings (SSSR count). The second-order valence-corrected chi connectivity index (χ2v) is 9.49. The number of allylic oxidation sites excluding steroid dienone is 10. The van der Waals surface area contributed by atoms with Crippen molar-refractivity contribution in [2.75, 3.05) is 6.61 Å². The maximum Gasteiger partial charge on any atom is 0.331 e. The molecule has 0 spiro atoms. The molecular formula is C30H48O2. The molecule has 0 unspecified atom stereocenters. The molecule has 0 radical (unpaired) electrons. The summed E-state index contributed by atoms with van der Waals surface area (Å²) in [6, 6.07) is 0. The van der Waals surface area contributed by atoms with Crippen molar-refractivity contribution in [2.45, 2.75) is 107 Å². The molecule has 0 aromatic heterocycles. The third-order valence-electron chi connectivity index (χ3n) is 5.27. The standard InChI is InChI=1S/C30H48O2/c1-24(2)13-9-15-26(5)17-11-19-28(7)21-22-32-30(31)23-29(8)20-12-18-27(6)16-10-14-25(3)4/h13-14,17-18,21,23H,9-12,15-16,19-20,22H2,1-8H3. The van der Waals surface area contributed by atoms with Crippen molar-refractivity contribution >= 4 is 5.97 Å². The molecule has 0 aliphatic rings. The quantitative estimate of drug-likeness (QED) is 0.144. The lowest BCUT2D eigenvalue weighted by Gasteiger charge is -2.03. The summed E-state index contributed by atoms with van der Waals surface area (Å²) < 4.78 is 5.35. The molecule has 0 saturated carbocycles. The second kappa shape index (κ2) is 18.5. The minimum atomic E-state index is -0.245. The Morgan fingerprint density at radius 3 is 1.34 bits per heavy atom. The van der Waals surface area contributed by atoms with Gasteiger partial charge in [0.15, 0.2) is 0 Å². The Kier molecular flexibility index (Phi) is 17.3. The number of carbonyl (C=O) groups is 1. The summed E-state index contributed by atoms with van der Waals surface area (Å²) in [7, 11) is 0. The minimum absolute atomic E-state index is 0.245. The minimum Gasteiger partial charge on any atom is -0.458 e. The number of hydrogen-bond acceptors (Lipinski definition) is 2. The van der Waals surface area contributed by atoms with E-state index in [1.165, 1.54) is 27.9 Å². The number of rotatable bonds is 15. The summed E-state index contributed by atoms with van der Waals surface area (Å²) in [5, 5.41) is 0. The smallest absolute Gasteiger partial charge is 0.331 e. The molecule has 32 heavy (non-hydrogen) atoms. The van der Waals surface area contributed by atoms with Crippen LogP contribution in [0.15, 0.2) is 69.9 Å². The lowest BCUT2D eigenvalue weighted by atomic mass is 10.1.